The second-order valence-corrected chi connectivity index (χ2v) is 7.24. The Morgan fingerprint density at radius 3 is 2.75 bits per heavy atom. The van der Waals surface area contributed by atoms with E-state index in [2.05, 4.69) is 20.7 Å². The quantitative estimate of drug-likeness (QED) is 0.883. The molecule has 0 spiro atoms. The Kier molecular flexibility index (Phi) is 4.46. The second-order valence-electron chi connectivity index (χ2n) is 4.71. The molecule has 8 heteroatoms. The molecule has 2 rings (SSSR count). The van der Waals surface area contributed by atoms with Gasteiger partial charge in [-0.1, -0.05) is 0 Å². The van der Waals surface area contributed by atoms with Gasteiger partial charge >= 0.3 is 0 Å². The molecule has 1 aliphatic heterocycles. The van der Waals surface area contributed by atoms with Gasteiger partial charge in [0, 0.05) is 30.5 Å². The fraction of sp³-hybridized carbons (Fsp3) is 0.417. The zero-order chi connectivity index (χ0) is 14.9. The molecule has 20 heavy (non-hydrogen) atoms. The molecule has 0 saturated carbocycles. The van der Waals surface area contributed by atoms with E-state index in [9.17, 15) is 17.6 Å². The number of hydrogen-bond donors (Lipinski definition) is 1. The number of amides is 1. The zero-order valence-corrected chi connectivity index (χ0v) is 13.2. The third-order valence-corrected chi connectivity index (χ3v) is 5.63. The molecule has 0 aromatic heterocycles. The van der Waals surface area contributed by atoms with Crippen molar-refractivity contribution < 1.29 is 17.6 Å². The summed E-state index contributed by atoms with van der Waals surface area (Å²) >= 11 is 3.05. The van der Waals surface area contributed by atoms with E-state index in [0.29, 0.717) is 19.4 Å². The molecule has 1 fully saturated rings. The van der Waals surface area contributed by atoms with Gasteiger partial charge in [0.2, 0.25) is 15.9 Å². The summed E-state index contributed by atoms with van der Waals surface area (Å²) in [6, 6.07) is 3.07. The Bertz CT molecular complexity index is 636. The van der Waals surface area contributed by atoms with Crippen LogP contribution in [-0.4, -0.2) is 38.9 Å². The van der Waals surface area contributed by atoms with E-state index in [1.165, 1.54) is 11.0 Å². The highest BCUT2D eigenvalue weighted by molar-refractivity contribution is 9.10. The van der Waals surface area contributed by atoms with Crippen LogP contribution in [0.5, 0.6) is 0 Å². The van der Waals surface area contributed by atoms with Crippen molar-refractivity contribution in [2.75, 3.05) is 13.6 Å². The van der Waals surface area contributed by atoms with E-state index in [0.717, 1.165) is 12.1 Å². The Morgan fingerprint density at radius 2 is 2.15 bits per heavy atom. The van der Waals surface area contributed by atoms with E-state index in [-0.39, 0.29) is 21.3 Å². The SMILES string of the molecule is CN1CC(NS(=O)(=O)c2ccc(F)cc2Br)CCC1=O. The van der Waals surface area contributed by atoms with Crippen molar-refractivity contribution in [3.05, 3.63) is 28.5 Å². The first kappa shape index (κ1) is 15.4. The van der Waals surface area contributed by atoms with Gasteiger partial charge in [0.25, 0.3) is 0 Å². The Labute approximate surface area is 125 Å². The van der Waals surface area contributed by atoms with Gasteiger partial charge in [-0.25, -0.2) is 17.5 Å². The summed E-state index contributed by atoms with van der Waals surface area (Å²) in [4.78, 5) is 12.8. The third-order valence-electron chi connectivity index (χ3n) is 3.13. The summed E-state index contributed by atoms with van der Waals surface area (Å²) in [6.07, 6.45) is 0.773. The number of benzene rings is 1. The van der Waals surface area contributed by atoms with Gasteiger partial charge in [-0.3, -0.25) is 4.79 Å². The fourth-order valence-electron chi connectivity index (χ4n) is 2.08. The average Bonchev–Trinajstić information content (AvgIpc) is 2.33. The summed E-state index contributed by atoms with van der Waals surface area (Å²) in [5, 5.41) is 0. The van der Waals surface area contributed by atoms with Crippen molar-refractivity contribution in [1.29, 1.82) is 0 Å². The lowest BCUT2D eigenvalue weighted by Crippen LogP contribution is -2.48. The number of likely N-dealkylation sites (tertiary alicyclic amines) is 1. The van der Waals surface area contributed by atoms with Crippen LogP contribution in [0.2, 0.25) is 0 Å². The smallest absolute Gasteiger partial charge is 0.242 e. The Morgan fingerprint density at radius 1 is 1.45 bits per heavy atom. The van der Waals surface area contributed by atoms with Crippen LogP contribution in [0.3, 0.4) is 0 Å². The number of rotatable bonds is 3. The fourth-order valence-corrected chi connectivity index (χ4v) is 4.40. The minimum Gasteiger partial charge on any atom is -0.344 e. The Balaban J connectivity index is 2.17. The maximum absolute atomic E-state index is 13.0. The van der Waals surface area contributed by atoms with Gasteiger partial charge in [0.15, 0.2) is 0 Å². The largest absolute Gasteiger partial charge is 0.344 e. The average molecular weight is 365 g/mol. The summed E-state index contributed by atoms with van der Waals surface area (Å²) in [5.74, 6) is -0.512. The number of sulfonamides is 1. The third kappa shape index (κ3) is 3.36. The number of carbonyl (C=O) groups excluding carboxylic acids is 1. The maximum Gasteiger partial charge on any atom is 0.242 e. The Hall–Kier alpha value is -0.990. The van der Waals surface area contributed by atoms with Crippen molar-refractivity contribution in [3.63, 3.8) is 0 Å². The predicted octanol–water partition coefficient (Wildman–Crippen LogP) is 1.49. The van der Waals surface area contributed by atoms with Crippen LogP contribution in [0.4, 0.5) is 4.39 Å². The van der Waals surface area contributed by atoms with Crippen LogP contribution in [0.1, 0.15) is 12.8 Å². The van der Waals surface area contributed by atoms with Gasteiger partial charge in [-0.2, -0.15) is 0 Å². The molecule has 110 valence electrons. The normalized spacial score (nSPS) is 20.2. The highest BCUT2D eigenvalue weighted by atomic mass is 79.9. The van der Waals surface area contributed by atoms with Crippen LogP contribution >= 0.6 is 15.9 Å². The van der Waals surface area contributed by atoms with Crippen molar-refractivity contribution >= 4 is 31.9 Å². The number of carbonyl (C=O) groups is 1. The van der Waals surface area contributed by atoms with Crippen LogP contribution in [0, 0.1) is 5.82 Å². The monoisotopic (exact) mass is 364 g/mol. The van der Waals surface area contributed by atoms with Gasteiger partial charge in [-0.15, -0.1) is 0 Å². The molecule has 1 amide bonds. The molecule has 0 aliphatic carbocycles. The summed E-state index contributed by atoms with van der Waals surface area (Å²) in [5.41, 5.74) is 0. The molecular formula is C12H14BrFN2O3S. The van der Waals surface area contributed by atoms with Crippen LogP contribution in [0.25, 0.3) is 0 Å². The van der Waals surface area contributed by atoms with Gasteiger partial charge < -0.3 is 4.90 Å². The van der Waals surface area contributed by atoms with E-state index in [1.807, 2.05) is 0 Å². The maximum atomic E-state index is 13.0. The van der Waals surface area contributed by atoms with Crippen molar-refractivity contribution in [1.82, 2.24) is 9.62 Å². The number of hydrogen-bond acceptors (Lipinski definition) is 3. The summed E-state index contributed by atoms with van der Waals surface area (Å²) < 4.78 is 40.2. The first-order chi connectivity index (χ1) is 9.29. The minimum absolute atomic E-state index is 0.00316. The van der Waals surface area contributed by atoms with E-state index < -0.39 is 15.8 Å². The topological polar surface area (TPSA) is 66.5 Å². The lowest BCUT2D eigenvalue weighted by molar-refractivity contribution is -0.132. The van der Waals surface area contributed by atoms with Crippen molar-refractivity contribution in [3.8, 4) is 0 Å². The second kappa shape index (κ2) is 5.79. The number of likely N-dealkylation sites (N-methyl/N-ethyl adjacent to an activating group) is 1. The molecule has 1 aromatic rings. The highest BCUT2D eigenvalue weighted by Crippen LogP contribution is 2.23. The lowest BCUT2D eigenvalue weighted by atomic mass is 10.1. The van der Waals surface area contributed by atoms with Crippen LogP contribution in [-0.2, 0) is 14.8 Å². The van der Waals surface area contributed by atoms with E-state index >= 15 is 0 Å². The number of nitrogens with one attached hydrogen (secondary N) is 1. The van der Waals surface area contributed by atoms with Crippen molar-refractivity contribution in [2.24, 2.45) is 0 Å². The van der Waals surface area contributed by atoms with Crippen LogP contribution < -0.4 is 4.72 Å². The molecular weight excluding hydrogens is 351 g/mol. The molecule has 1 aromatic carbocycles. The lowest BCUT2D eigenvalue weighted by Gasteiger charge is -2.30. The number of piperidine rings is 1. The van der Waals surface area contributed by atoms with E-state index in [1.54, 1.807) is 7.05 Å². The molecule has 1 aliphatic rings. The molecule has 1 N–H and O–H groups in total. The molecule has 1 unspecified atom stereocenters. The highest BCUT2D eigenvalue weighted by Gasteiger charge is 2.28. The number of halogens is 2. The molecule has 0 radical (unpaired) electrons. The van der Waals surface area contributed by atoms with Gasteiger partial charge in [0.05, 0.1) is 4.90 Å². The minimum atomic E-state index is -3.75. The first-order valence-electron chi connectivity index (χ1n) is 6.01. The van der Waals surface area contributed by atoms with Gasteiger partial charge in [-0.05, 0) is 40.5 Å². The summed E-state index contributed by atoms with van der Waals surface area (Å²) in [7, 11) is -2.11. The molecule has 1 heterocycles. The standard InChI is InChI=1S/C12H14BrFN2O3S/c1-16-7-9(3-5-12(16)17)15-20(18,19)11-4-2-8(14)6-10(11)13/h2,4,6,9,15H,3,5,7H2,1H3. The van der Waals surface area contributed by atoms with Gasteiger partial charge in [0.1, 0.15) is 5.82 Å². The molecule has 1 atom stereocenters. The first-order valence-corrected chi connectivity index (χ1v) is 8.28. The molecule has 5 nitrogen and oxygen atoms in total. The molecule has 0 bridgehead atoms. The van der Waals surface area contributed by atoms with E-state index in [4.69, 9.17) is 0 Å². The summed E-state index contributed by atoms with van der Waals surface area (Å²) in [6.45, 7) is 0.330. The van der Waals surface area contributed by atoms with Crippen molar-refractivity contribution in [2.45, 2.75) is 23.8 Å². The van der Waals surface area contributed by atoms with Crippen LogP contribution in [0.15, 0.2) is 27.6 Å². The zero-order valence-electron chi connectivity index (χ0n) is 10.8. The predicted molar refractivity (Wildman–Crippen MR) is 75.1 cm³/mol. The molecule has 1 saturated heterocycles. The number of nitrogens with zero attached hydrogens (tertiary/aromatic N) is 1.